The molecule has 0 radical (unpaired) electrons. The van der Waals surface area contributed by atoms with E-state index in [1.807, 2.05) is 50.2 Å². The van der Waals surface area contributed by atoms with Crippen molar-refractivity contribution in [1.29, 1.82) is 0 Å². The number of hydrogen-bond acceptors (Lipinski definition) is 8. The van der Waals surface area contributed by atoms with Crippen LogP contribution in [0.25, 0.3) is 0 Å². The molecule has 0 saturated carbocycles. The molecule has 2 aliphatic heterocycles. The van der Waals surface area contributed by atoms with Crippen molar-refractivity contribution in [3.63, 3.8) is 0 Å². The molecule has 3 aromatic rings. The number of pyridine rings is 1. The van der Waals surface area contributed by atoms with E-state index < -0.39 is 41.8 Å². The van der Waals surface area contributed by atoms with Gasteiger partial charge in [0.2, 0.25) is 17.7 Å². The topological polar surface area (TPSA) is 159 Å². The Labute approximate surface area is 298 Å². The van der Waals surface area contributed by atoms with Crippen LogP contribution in [0.5, 0.6) is 5.75 Å². The van der Waals surface area contributed by atoms with Crippen LogP contribution in [0.1, 0.15) is 47.7 Å². The number of amides is 5. The molecule has 51 heavy (non-hydrogen) atoms. The van der Waals surface area contributed by atoms with Crippen LogP contribution in [0, 0.1) is 5.92 Å². The molecule has 13 heteroatoms. The quantitative estimate of drug-likeness (QED) is 0.322. The molecule has 3 heterocycles. The number of carbonyl (C=O) groups is 5. The average molecular weight is 699 g/mol. The van der Waals surface area contributed by atoms with Gasteiger partial charge in [0.25, 0.3) is 11.8 Å². The van der Waals surface area contributed by atoms with Gasteiger partial charge in [0.05, 0.1) is 24.8 Å². The number of carbonyl (C=O) groups excluding carboxylic acids is 5. The molecule has 2 aromatic carbocycles. The van der Waals surface area contributed by atoms with Crippen LogP contribution in [-0.4, -0.2) is 109 Å². The first-order chi connectivity index (χ1) is 24.6. The lowest BCUT2D eigenvalue weighted by Gasteiger charge is -2.29. The van der Waals surface area contributed by atoms with Crippen molar-refractivity contribution in [2.24, 2.45) is 5.92 Å². The number of benzene rings is 2. The largest absolute Gasteiger partial charge is 0.484 e. The lowest BCUT2D eigenvalue weighted by atomic mass is 9.93. The van der Waals surface area contributed by atoms with Gasteiger partial charge in [0.1, 0.15) is 17.8 Å². The highest BCUT2D eigenvalue weighted by molar-refractivity contribution is 5.95. The zero-order valence-corrected chi connectivity index (χ0v) is 29.2. The zero-order valence-electron chi connectivity index (χ0n) is 29.2. The van der Waals surface area contributed by atoms with Crippen molar-refractivity contribution in [3.05, 3.63) is 95.8 Å². The van der Waals surface area contributed by atoms with Crippen molar-refractivity contribution in [2.45, 2.75) is 50.7 Å². The smallest absolute Gasteiger partial charge is 0.258 e. The number of hydrogen-bond donors (Lipinski definition) is 3. The maximum Gasteiger partial charge on any atom is 0.258 e. The van der Waals surface area contributed by atoms with Crippen LogP contribution in [0.3, 0.4) is 0 Å². The summed E-state index contributed by atoms with van der Waals surface area (Å²) < 4.78 is 11.1. The summed E-state index contributed by atoms with van der Waals surface area (Å²) in [6.07, 6.45) is 3.63. The Bertz CT molecular complexity index is 1670. The number of nitrogens with one attached hydrogen (secondary N) is 3. The fourth-order valence-corrected chi connectivity index (χ4v) is 6.48. The fourth-order valence-electron chi connectivity index (χ4n) is 6.48. The second-order valence-electron chi connectivity index (χ2n) is 13.3. The van der Waals surface area contributed by atoms with Gasteiger partial charge in [-0.1, -0.05) is 56.3 Å². The Morgan fingerprint density at radius 3 is 2.45 bits per heavy atom. The van der Waals surface area contributed by atoms with Gasteiger partial charge >= 0.3 is 0 Å². The van der Waals surface area contributed by atoms with E-state index >= 15 is 0 Å². The monoisotopic (exact) mass is 698 g/mol. The number of aromatic nitrogens is 1. The van der Waals surface area contributed by atoms with Crippen LogP contribution < -0.4 is 20.7 Å². The molecule has 5 rings (SSSR count). The fraction of sp³-hybridized carbons (Fsp3) is 0.421. The van der Waals surface area contributed by atoms with Gasteiger partial charge in [-0.25, -0.2) is 0 Å². The first kappa shape index (κ1) is 37.0. The molecule has 0 aliphatic carbocycles. The van der Waals surface area contributed by atoms with E-state index in [-0.39, 0.29) is 57.0 Å². The predicted molar refractivity (Wildman–Crippen MR) is 189 cm³/mol. The van der Waals surface area contributed by atoms with E-state index in [4.69, 9.17) is 9.47 Å². The lowest BCUT2D eigenvalue weighted by Crippen LogP contribution is -2.56. The first-order valence-corrected chi connectivity index (χ1v) is 17.2. The van der Waals surface area contributed by atoms with E-state index in [0.29, 0.717) is 24.3 Å². The van der Waals surface area contributed by atoms with Gasteiger partial charge < -0.3 is 35.2 Å². The summed E-state index contributed by atoms with van der Waals surface area (Å²) in [5.41, 5.74) is 2.05. The maximum absolute atomic E-state index is 14.2. The third-order valence-electron chi connectivity index (χ3n) is 8.99. The van der Waals surface area contributed by atoms with Crippen molar-refractivity contribution < 1.29 is 33.4 Å². The molecular formula is C38H46N6O7. The number of fused-ring (bicyclic) bond motifs is 4. The minimum atomic E-state index is -0.997. The van der Waals surface area contributed by atoms with E-state index in [1.165, 1.54) is 18.2 Å². The number of likely N-dealkylation sites (tertiary alicyclic amines) is 1. The summed E-state index contributed by atoms with van der Waals surface area (Å²) in [7, 11) is 1.49. The van der Waals surface area contributed by atoms with E-state index in [0.717, 1.165) is 11.1 Å². The summed E-state index contributed by atoms with van der Waals surface area (Å²) in [6, 6.07) is 17.5. The van der Waals surface area contributed by atoms with Gasteiger partial charge in [0, 0.05) is 51.5 Å². The molecular weight excluding hydrogens is 652 g/mol. The van der Waals surface area contributed by atoms with Crippen molar-refractivity contribution in [1.82, 2.24) is 30.7 Å². The summed E-state index contributed by atoms with van der Waals surface area (Å²) in [5, 5.41) is 8.82. The predicted octanol–water partition coefficient (Wildman–Crippen LogP) is 1.93. The first-order valence-electron chi connectivity index (χ1n) is 17.2. The molecule has 0 spiro atoms. The highest BCUT2D eigenvalue weighted by Gasteiger charge is 2.39. The number of nitrogens with zero attached hydrogens (tertiary/aromatic N) is 3. The second kappa shape index (κ2) is 17.6. The Morgan fingerprint density at radius 2 is 1.73 bits per heavy atom. The van der Waals surface area contributed by atoms with E-state index in [9.17, 15) is 24.0 Å². The standard InChI is InChI=1S/C38H46N6O7/c1-25(2)17-32-38(49)43(15-16-50-3)23-34(45)40-31(18-26-9-5-4-6-10-26)36(47)42-33-22-44(37(48)28-12-8-14-39-20-28)21-30(33)27-11-7-13-29(19-27)51-24-35(46)41-32/h4-14,19-20,25,30-33H,15-18,21-24H2,1-3H3,(H,40,45)(H,41,46)(H,42,47)/t30-,31-,32+,33+/m0/s1. The van der Waals surface area contributed by atoms with Crippen molar-refractivity contribution >= 4 is 29.5 Å². The molecule has 1 aromatic heterocycles. The van der Waals surface area contributed by atoms with Gasteiger partial charge in [0.15, 0.2) is 6.61 Å². The maximum atomic E-state index is 14.2. The third kappa shape index (κ3) is 10.1. The average Bonchev–Trinajstić information content (AvgIpc) is 3.55. The molecule has 5 amide bonds. The van der Waals surface area contributed by atoms with E-state index in [2.05, 4.69) is 20.9 Å². The summed E-state index contributed by atoms with van der Waals surface area (Å²) in [5.74, 6) is -1.98. The SMILES string of the molecule is COCCN1CC(=O)N[C@@H](Cc2ccccc2)C(=O)N[C@@H]2CN(C(=O)c3cccnc3)C[C@H]2c2cccc(c2)OCC(=O)N[C@H](CC(C)C)C1=O. The number of ether oxygens (including phenoxy) is 2. The molecule has 2 aliphatic rings. The van der Waals surface area contributed by atoms with Crippen molar-refractivity contribution in [3.8, 4) is 5.75 Å². The lowest BCUT2D eigenvalue weighted by molar-refractivity contribution is -0.141. The zero-order chi connectivity index (χ0) is 36.3. The van der Waals surface area contributed by atoms with Gasteiger partial charge in [-0.2, -0.15) is 0 Å². The highest BCUT2D eigenvalue weighted by Crippen LogP contribution is 2.31. The van der Waals surface area contributed by atoms with Crippen LogP contribution in [0.15, 0.2) is 79.1 Å². The van der Waals surface area contributed by atoms with Crippen LogP contribution in [-0.2, 0) is 30.3 Å². The Balaban J connectivity index is 1.50. The molecule has 2 bridgehead atoms. The molecule has 4 atom stereocenters. The molecule has 270 valence electrons. The van der Waals surface area contributed by atoms with Gasteiger partial charge in [-0.05, 0) is 47.7 Å². The number of rotatable bonds is 8. The number of methoxy groups -OCH3 is 1. The molecule has 3 N–H and O–H groups in total. The van der Waals surface area contributed by atoms with Gasteiger partial charge in [-0.3, -0.25) is 29.0 Å². The van der Waals surface area contributed by atoms with E-state index in [1.54, 1.807) is 41.4 Å². The minimum absolute atomic E-state index is 0.0516. The van der Waals surface area contributed by atoms with Crippen LogP contribution >= 0.6 is 0 Å². The minimum Gasteiger partial charge on any atom is -0.484 e. The molecule has 1 saturated heterocycles. The normalized spacial score (nSPS) is 21.9. The van der Waals surface area contributed by atoms with Crippen LogP contribution in [0.2, 0.25) is 0 Å². The molecule has 13 nitrogen and oxygen atoms in total. The molecule has 1 fully saturated rings. The van der Waals surface area contributed by atoms with Crippen LogP contribution in [0.4, 0.5) is 0 Å². The Hall–Kier alpha value is -5.30. The summed E-state index contributed by atoms with van der Waals surface area (Å²) in [6.45, 7) is 3.93. The summed E-state index contributed by atoms with van der Waals surface area (Å²) in [4.78, 5) is 75.6. The van der Waals surface area contributed by atoms with Gasteiger partial charge in [-0.15, -0.1) is 0 Å². The Kier molecular flexibility index (Phi) is 12.7. The summed E-state index contributed by atoms with van der Waals surface area (Å²) >= 11 is 0. The Morgan fingerprint density at radius 1 is 0.941 bits per heavy atom. The van der Waals surface area contributed by atoms with Crippen molar-refractivity contribution in [2.75, 3.05) is 46.5 Å². The second-order valence-corrected chi connectivity index (χ2v) is 13.3. The molecule has 0 unspecified atom stereocenters. The highest BCUT2D eigenvalue weighted by atomic mass is 16.5. The third-order valence-corrected chi connectivity index (χ3v) is 8.99.